The molecule has 0 aromatic heterocycles. The fourth-order valence-corrected chi connectivity index (χ4v) is 2.06. The maximum absolute atomic E-state index is 12.2. The van der Waals surface area contributed by atoms with Crippen LogP contribution in [0.2, 0.25) is 0 Å². The van der Waals surface area contributed by atoms with Crippen molar-refractivity contribution < 1.29 is 4.79 Å². The van der Waals surface area contributed by atoms with Gasteiger partial charge < -0.3 is 0 Å². The number of ketones is 1. The van der Waals surface area contributed by atoms with Crippen molar-refractivity contribution in [3.8, 4) is 0 Å². The molecule has 17 heavy (non-hydrogen) atoms. The molecule has 0 radical (unpaired) electrons. The molecule has 0 amide bonds. The predicted octanol–water partition coefficient (Wildman–Crippen LogP) is 3.18. The molecule has 2 aromatic rings. The number of rotatable bonds is 0. The van der Waals surface area contributed by atoms with Crippen molar-refractivity contribution in [2.24, 2.45) is 4.99 Å². The van der Waals surface area contributed by atoms with Crippen molar-refractivity contribution >= 4 is 17.7 Å². The van der Waals surface area contributed by atoms with Crippen LogP contribution in [-0.2, 0) is 6.42 Å². The van der Waals surface area contributed by atoms with E-state index in [0.717, 1.165) is 22.4 Å². The molecule has 0 bridgehead atoms. The molecular weight excluding hydrogens is 210 g/mol. The molecule has 0 N–H and O–H groups in total. The summed E-state index contributed by atoms with van der Waals surface area (Å²) < 4.78 is 0. The Morgan fingerprint density at radius 1 is 0.941 bits per heavy atom. The van der Waals surface area contributed by atoms with E-state index in [-0.39, 0.29) is 5.78 Å². The average molecular weight is 221 g/mol. The zero-order chi connectivity index (χ0) is 11.7. The second-order valence-corrected chi connectivity index (χ2v) is 4.07. The summed E-state index contributed by atoms with van der Waals surface area (Å²) in [5.41, 5.74) is 3.52. The molecule has 0 atom stereocenters. The zero-order valence-electron chi connectivity index (χ0n) is 9.26. The van der Waals surface area contributed by atoms with Crippen molar-refractivity contribution in [1.29, 1.82) is 0 Å². The number of hydrogen-bond acceptors (Lipinski definition) is 2. The van der Waals surface area contributed by atoms with Crippen LogP contribution in [0.15, 0.2) is 53.5 Å². The summed E-state index contributed by atoms with van der Waals surface area (Å²) in [6.45, 7) is 0. The molecule has 0 fully saturated rings. The van der Waals surface area contributed by atoms with Crippen LogP contribution in [0.5, 0.6) is 0 Å². The first-order valence-corrected chi connectivity index (χ1v) is 5.59. The molecule has 1 aliphatic rings. The highest BCUT2D eigenvalue weighted by molar-refractivity contribution is 6.06. The highest BCUT2D eigenvalue weighted by atomic mass is 16.1. The van der Waals surface area contributed by atoms with Crippen LogP contribution >= 0.6 is 0 Å². The molecule has 1 aliphatic heterocycles. The van der Waals surface area contributed by atoms with E-state index in [1.165, 1.54) is 0 Å². The summed E-state index contributed by atoms with van der Waals surface area (Å²) in [5.74, 6) is 0.152. The highest BCUT2D eigenvalue weighted by Crippen LogP contribution is 2.23. The van der Waals surface area contributed by atoms with Crippen LogP contribution in [0.4, 0.5) is 5.69 Å². The summed E-state index contributed by atoms with van der Waals surface area (Å²) >= 11 is 0. The van der Waals surface area contributed by atoms with Gasteiger partial charge in [-0.15, -0.1) is 0 Å². The second-order valence-electron chi connectivity index (χ2n) is 4.07. The number of nitrogens with zero attached hydrogens (tertiary/aromatic N) is 1. The van der Waals surface area contributed by atoms with Crippen LogP contribution in [0, 0.1) is 0 Å². The van der Waals surface area contributed by atoms with Gasteiger partial charge in [0.05, 0.1) is 5.69 Å². The minimum Gasteiger partial charge on any atom is -0.294 e. The van der Waals surface area contributed by atoms with Gasteiger partial charge in [-0.3, -0.25) is 9.79 Å². The number of Topliss-reactive ketones (excluding diaryl/α,β-unsaturated/α-hetero) is 1. The molecule has 2 nitrogen and oxygen atoms in total. The van der Waals surface area contributed by atoms with E-state index in [2.05, 4.69) is 4.99 Å². The van der Waals surface area contributed by atoms with Gasteiger partial charge in [0, 0.05) is 23.8 Å². The number of hydrogen-bond donors (Lipinski definition) is 0. The molecule has 1 heterocycles. The largest absolute Gasteiger partial charge is 0.294 e. The van der Waals surface area contributed by atoms with Gasteiger partial charge in [0.25, 0.3) is 0 Å². The van der Waals surface area contributed by atoms with Gasteiger partial charge in [-0.05, 0) is 11.6 Å². The van der Waals surface area contributed by atoms with Crippen LogP contribution < -0.4 is 0 Å². The first-order chi connectivity index (χ1) is 8.34. The Balaban J connectivity index is 2.19. The standard InChI is InChI=1S/C15H11NO/c17-15-9-11-5-2-4-8-14(11)16-10-12-6-1-3-7-13(12)15/h1-8,10H,9H2. The van der Waals surface area contributed by atoms with Crippen LogP contribution in [0.1, 0.15) is 21.5 Å². The van der Waals surface area contributed by atoms with Gasteiger partial charge in [0.2, 0.25) is 0 Å². The average Bonchev–Trinajstić information content (AvgIpc) is 2.36. The molecule has 3 rings (SSSR count). The lowest BCUT2D eigenvalue weighted by molar-refractivity contribution is 0.0993. The zero-order valence-corrected chi connectivity index (χ0v) is 9.26. The van der Waals surface area contributed by atoms with Crippen LogP contribution in [0.3, 0.4) is 0 Å². The Kier molecular flexibility index (Phi) is 2.33. The fourth-order valence-electron chi connectivity index (χ4n) is 2.06. The van der Waals surface area contributed by atoms with Gasteiger partial charge >= 0.3 is 0 Å². The summed E-state index contributed by atoms with van der Waals surface area (Å²) in [6, 6.07) is 15.4. The smallest absolute Gasteiger partial charge is 0.167 e. The first-order valence-electron chi connectivity index (χ1n) is 5.59. The molecule has 0 saturated heterocycles. The number of benzene rings is 2. The third-order valence-corrected chi connectivity index (χ3v) is 2.95. The number of fused-ring (bicyclic) bond motifs is 2. The number of para-hydroxylation sites is 1. The molecule has 0 saturated carbocycles. The van der Waals surface area contributed by atoms with E-state index >= 15 is 0 Å². The van der Waals surface area contributed by atoms with Gasteiger partial charge in [-0.2, -0.15) is 0 Å². The topological polar surface area (TPSA) is 29.4 Å². The Morgan fingerprint density at radius 2 is 1.71 bits per heavy atom. The second kappa shape index (κ2) is 3.98. The summed E-state index contributed by atoms with van der Waals surface area (Å²) in [6.07, 6.45) is 2.19. The van der Waals surface area contributed by atoms with E-state index < -0.39 is 0 Å². The normalized spacial score (nSPS) is 13.5. The lowest BCUT2D eigenvalue weighted by Gasteiger charge is -2.10. The van der Waals surface area contributed by atoms with Crippen molar-refractivity contribution in [3.05, 3.63) is 65.2 Å². The Bertz CT molecular complexity index is 614. The molecule has 0 spiro atoms. The van der Waals surface area contributed by atoms with Gasteiger partial charge in [-0.1, -0.05) is 42.5 Å². The molecule has 0 aliphatic carbocycles. The molecule has 2 aromatic carbocycles. The lowest BCUT2D eigenvalue weighted by Crippen LogP contribution is -2.08. The minimum atomic E-state index is 0.152. The van der Waals surface area contributed by atoms with E-state index in [9.17, 15) is 4.79 Å². The highest BCUT2D eigenvalue weighted by Gasteiger charge is 2.14. The minimum absolute atomic E-state index is 0.152. The molecule has 2 heteroatoms. The maximum atomic E-state index is 12.2. The quantitative estimate of drug-likeness (QED) is 0.671. The van der Waals surface area contributed by atoms with Gasteiger partial charge in [0.15, 0.2) is 5.78 Å². The third-order valence-electron chi connectivity index (χ3n) is 2.95. The van der Waals surface area contributed by atoms with E-state index in [1.807, 2.05) is 48.5 Å². The van der Waals surface area contributed by atoms with E-state index in [0.29, 0.717) is 6.42 Å². The third kappa shape index (κ3) is 1.78. The van der Waals surface area contributed by atoms with Gasteiger partial charge in [0.1, 0.15) is 0 Å². The van der Waals surface area contributed by atoms with Crippen molar-refractivity contribution in [2.75, 3.05) is 0 Å². The number of aliphatic imine (C=N–C) groups is 1. The van der Waals surface area contributed by atoms with E-state index in [4.69, 9.17) is 0 Å². The van der Waals surface area contributed by atoms with Crippen LogP contribution in [-0.4, -0.2) is 12.0 Å². The monoisotopic (exact) mass is 221 g/mol. The Hall–Kier alpha value is -2.22. The lowest BCUT2D eigenvalue weighted by atomic mass is 9.97. The SMILES string of the molecule is O=C1Cc2ccccc2N=Cc2ccccc21. The molecule has 82 valence electrons. The molecular formula is C15H11NO. The summed E-state index contributed by atoms with van der Waals surface area (Å²) in [4.78, 5) is 16.6. The number of carbonyl (C=O) groups is 1. The van der Waals surface area contributed by atoms with Gasteiger partial charge in [-0.25, -0.2) is 0 Å². The van der Waals surface area contributed by atoms with Crippen molar-refractivity contribution in [3.63, 3.8) is 0 Å². The Labute approximate surface area is 99.6 Å². The van der Waals surface area contributed by atoms with Crippen LogP contribution in [0.25, 0.3) is 0 Å². The predicted molar refractivity (Wildman–Crippen MR) is 68.2 cm³/mol. The maximum Gasteiger partial charge on any atom is 0.167 e. The van der Waals surface area contributed by atoms with E-state index in [1.54, 1.807) is 6.21 Å². The summed E-state index contributed by atoms with van der Waals surface area (Å²) in [7, 11) is 0. The number of carbonyl (C=O) groups excluding carboxylic acids is 1. The fraction of sp³-hybridized carbons (Fsp3) is 0.0667. The molecule has 0 unspecified atom stereocenters. The van der Waals surface area contributed by atoms with Crippen molar-refractivity contribution in [2.45, 2.75) is 6.42 Å². The Morgan fingerprint density at radius 3 is 2.65 bits per heavy atom. The first kappa shape index (κ1) is 9.97. The van der Waals surface area contributed by atoms with Crippen molar-refractivity contribution in [1.82, 2.24) is 0 Å². The summed E-state index contributed by atoms with van der Waals surface area (Å²) in [5, 5.41) is 0.